The molecule has 0 N–H and O–H groups in total. The number of nitrogens with zero attached hydrogens (tertiary/aromatic N) is 6. The van der Waals surface area contributed by atoms with E-state index in [0.717, 1.165) is 5.57 Å². The molecule has 0 aliphatic carbocycles. The summed E-state index contributed by atoms with van der Waals surface area (Å²) < 4.78 is 32.2. The summed E-state index contributed by atoms with van der Waals surface area (Å²) in [5.74, 6) is -1.32. The van der Waals surface area contributed by atoms with Crippen molar-refractivity contribution in [1.82, 2.24) is 19.4 Å². The zero-order valence-corrected chi connectivity index (χ0v) is 25.0. The minimum atomic E-state index is -0.747. The minimum absolute atomic E-state index is 0.00754. The van der Waals surface area contributed by atoms with Gasteiger partial charge in [0.2, 0.25) is 5.91 Å². The van der Waals surface area contributed by atoms with E-state index in [1.165, 1.54) is 34.9 Å². The fraction of sp³-hybridized carbons (Fsp3) is 0.406. The van der Waals surface area contributed by atoms with E-state index in [9.17, 15) is 14.0 Å². The van der Waals surface area contributed by atoms with Crippen LogP contribution in [0.3, 0.4) is 0 Å². The highest BCUT2D eigenvalue weighted by molar-refractivity contribution is 5.90. The number of hydrogen-bond donors (Lipinski definition) is 0. The molecule has 2 aromatic heterocycles. The van der Waals surface area contributed by atoms with E-state index in [4.69, 9.17) is 0 Å². The first-order valence-corrected chi connectivity index (χ1v) is 14.1. The predicted molar refractivity (Wildman–Crippen MR) is 164 cm³/mol. The van der Waals surface area contributed by atoms with Crippen LogP contribution in [0.15, 0.2) is 64.4 Å². The predicted octanol–water partition coefficient (Wildman–Crippen LogP) is 5.58. The van der Waals surface area contributed by atoms with Crippen LogP contribution in [0.2, 0.25) is 0 Å². The molecule has 1 aliphatic rings. The lowest BCUT2D eigenvalue weighted by atomic mass is 9.91. The monoisotopic (exact) mass is 576 g/mol. The molecule has 3 heterocycles. The van der Waals surface area contributed by atoms with Gasteiger partial charge in [-0.2, -0.15) is 4.98 Å². The van der Waals surface area contributed by atoms with Gasteiger partial charge in [-0.05, 0) is 64.6 Å². The average molecular weight is 577 g/mol. The number of carbonyl (C=O) groups is 1. The molecule has 0 radical (unpaired) electrons. The molecule has 0 saturated carbocycles. The molecule has 1 fully saturated rings. The van der Waals surface area contributed by atoms with Gasteiger partial charge in [0.05, 0.1) is 17.5 Å². The molecule has 1 aliphatic heterocycles. The Kier molecular flexibility index (Phi) is 9.03. The first kappa shape index (κ1) is 30.7. The van der Waals surface area contributed by atoms with E-state index >= 15 is 4.39 Å². The van der Waals surface area contributed by atoms with E-state index in [0.29, 0.717) is 18.5 Å². The molecule has 1 amide bonds. The Morgan fingerprint density at radius 3 is 2.40 bits per heavy atom. The summed E-state index contributed by atoms with van der Waals surface area (Å²) in [5, 5.41) is 0.301. The smallest absolute Gasteiger partial charge is 0.349 e. The van der Waals surface area contributed by atoms with Gasteiger partial charge >= 0.3 is 5.69 Å². The number of rotatable bonds is 8. The zero-order chi connectivity index (χ0) is 30.9. The standard InChI is InChI=1S/C32H38F2N6O2/c1-9-19(5)29(27(35-8)18(3)4)40-31-23(15-25(34)28(36-31)22-13-11-12-14-24(22)33)30(37-32(40)42)39-17-20(6)38(16-21(39)7)26(41)10-2/h9-15,18,20-21,27,29H,2,8,16-17H2,1,3-7H3/b19-9-/t20-,21+,27?,29?/m1/s1. The maximum atomic E-state index is 15.9. The maximum Gasteiger partial charge on any atom is 0.351 e. The molecule has 42 heavy (non-hydrogen) atoms. The number of carbonyl (C=O) groups excluding carboxylic acids is 1. The fourth-order valence-electron chi connectivity index (χ4n) is 5.75. The van der Waals surface area contributed by atoms with Crippen molar-refractivity contribution in [2.24, 2.45) is 10.9 Å². The summed E-state index contributed by atoms with van der Waals surface area (Å²) in [6.45, 7) is 19.6. The highest BCUT2D eigenvalue weighted by Crippen LogP contribution is 2.35. The van der Waals surface area contributed by atoms with Crippen LogP contribution in [0.25, 0.3) is 22.3 Å². The summed E-state index contributed by atoms with van der Waals surface area (Å²) >= 11 is 0. The third kappa shape index (κ3) is 5.49. The number of anilines is 1. The lowest BCUT2D eigenvalue weighted by molar-refractivity contribution is -0.128. The van der Waals surface area contributed by atoms with E-state index in [2.05, 4.69) is 28.3 Å². The van der Waals surface area contributed by atoms with Crippen molar-refractivity contribution >= 4 is 29.5 Å². The van der Waals surface area contributed by atoms with E-state index in [1.807, 2.05) is 52.5 Å². The molecule has 1 saturated heterocycles. The van der Waals surface area contributed by atoms with Crippen molar-refractivity contribution in [1.29, 1.82) is 0 Å². The molecule has 3 aromatic rings. The SMILES string of the molecule is C=CC(=O)N1C[C@H](C)N(c2nc(=O)n(C(/C(C)=C\C)C(N=C)C(C)C)c3nc(-c4ccccc4F)c(F)cc23)C[C@H]1C. The Morgan fingerprint density at radius 2 is 1.81 bits per heavy atom. The molecule has 0 spiro atoms. The topological polar surface area (TPSA) is 83.7 Å². The Balaban J connectivity index is 2.06. The van der Waals surface area contributed by atoms with Gasteiger partial charge in [0, 0.05) is 30.7 Å². The second-order valence-electron chi connectivity index (χ2n) is 11.2. The van der Waals surface area contributed by atoms with Gasteiger partial charge in [-0.25, -0.2) is 18.6 Å². The first-order valence-electron chi connectivity index (χ1n) is 14.1. The van der Waals surface area contributed by atoms with Crippen LogP contribution in [0, 0.1) is 17.6 Å². The highest BCUT2D eigenvalue weighted by Gasteiger charge is 2.35. The number of aliphatic imine (C=N–C) groups is 1. The number of aromatic nitrogens is 3. The fourth-order valence-corrected chi connectivity index (χ4v) is 5.75. The quantitative estimate of drug-likeness (QED) is 0.199. The molecule has 4 atom stereocenters. The van der Waals surface area contributed by atoms with Gasteiger partial charge in [0.25, 0.3) is 0 Å². The third-order valence-electron chi connectivity index (χ3n) is 8.09. The lowest BCUT2D eigenvalue weighted by Gasteiger charge is -2.44. The molecule has 4 rings (SSSR count). The van der Waals surface area contributed by atoms with E-state index in [-0.39, 0.29) is 46.6 Å². The van der Waals surface area contributed by atoms with Gasteiger partial charge in [-0.3, -0.25) is 14.4 Å². The van der Waals surface area contributed by atoms with E-state index < -0.39 is 29.4 Å². The molecular weight excluding hydrogens is 538 g/mol. The van der Waals surface area contributed by atoms with Crippen LogP contribution in [0.5, 0.6) is 0 Å². The third-order valence-corrected chi connectivity index (χ3v) is 8.09. The Labute approximate surface area is 245 Å². The summed E-state index contributed by atoms with van der Waals surface area (Å²) in [6, 6.07) is 5.56. The normalized spacial score (nSPS) is 19.2. The summed E-state index contributed by atoms with van der Waals surface area (Å²) in [7, 11) is 0. The number of pyridine rings is 1. The molecular formula is C32H38F2N6O2. The van der Waals surface area contributed by atoms with Gasteiger partial charge in [-0.15, -0.1) is 0 Å². The van der Waals surface area contributed by atoms with Gasteiger partial charge in [0.15, 0.2) is 0 Å². The second-order valence-corrected chi connectivity index (χ2v) is 11.2. The number of hydrogen-bond acceptors (Lipinski definition) is 6. The number of piperazine rings is 1. The van der Waals surface area contributed by atoms with Crippen LogP contribution in [0.1, 0.15) is 47.6 Å². The second kappa shape index (κ2) is 12.3. The molecule has 1 aromatic carbocycles. The molecule has 222 valence electrons. The van der Waals surface area contributed by atoms with Crippen LogP contribution in [-0.2, 0) is 4.79 Å². The van der Waals surface area contributed by atoms with Crippen molar-refractivity contribution in [2.45, 2.75) is 65.7 Å². The van der Waals surface area contributed by atoms with E-state index in [1.54, 1.807) is 11.0 Å². The molecule has 8 nitrogen and oxygen atoms in total. The molecule has 2 unspecified atom stereocenters. The largest absolute Gasteiger partial charge is 0.351 e. The summed E-state index contributed by atoms with van der Waals surface area (Å²) in [4.78, 5) is 43.6. The van der Waals surface area contributed by atoms with Crippen LogP contribution >= 0.6 is 0 Å². The number of allylic oxidation sites excluding steroid dienone is 1. The van der Waals surface area contributed by atoms with Gasteiger partial charge < -0.3 is 9.80 Å². The Hall–Kier alpha value is -4.21. The minimum Gasteiger partial charge on any atom is -0.349 e. The van der Waals surface area contributed by atoms with Crippen molar-refractivity contribution in [2.75, 3.05) is 18.0 Å². The highest BCUT2D eigenvalue weighted by atomic mass is 19.1. The maximum absolute atomic E-state index is 15.9. The van der Waals surface area contributed by atoms with Crippen molar-refractivity contribution in [3.8, 4) is 11.3 Å². The molecule has 0 bridgehead atoms. The van der Waals surface area contributed by atoms with Gasteiger partial charge in [0.1, 0.15) is 28.8 Å². The zero-order valence-electron chi connectivity index (χ0n) is 25.0. The lowest BCUT2D eigenvalue weighted by Crippen LogP contribution is -2.58. The van der Waals surface area contributed by atoms with Crippen molar-refractivity contribution in [3.05, 3.63) is 76.8 Å². The summed E-state index contributed by atoms with van der Waals surface area (Å²) in [5.41, 5.74) is 0.166. The molecule has 10 heteroatoms. The summed E-state index contributed by atoms with van der Waals surface area (Å²) in [6.07, 6.45) is 3.16. The van der Waals surface area contributed by atoms with Crippen LogP contribution < -0.4 is 10.6 Å². The number of benzene rings is 1. The number of amides is 1. The van der Waals surface area contributed by atoms with Crippen LogP contribution in [-0.4, -0.2) is 63.3 Å². The Morgan fingerprint density at radius 1 is 1.12 bits per heavy atom. The van der Waals surface area contributed by atoms with Crippen molar-refractivity contribution in [3.63, 3.8) is 0 Å². The number of fused-ring (bicyclic) bond motifs is 1. The van der Waals surface area contributed by atoms with Crippen LogP contribution in [0.4, 0.5) is 14.6 Å². The van der Waals surface area contributed by atoms with Gasteiger partial charge in [-0.1, -0.05) is 44.2 Å². The average Bonchev–Trinajstić information content (AvgIpc) is 2.96. The Bertz CT molecular complexity index is 1610. The first-order chi connectivity index (χ1) is 19.9. The number of halogens is 2. The van der Waals surface area contributed by atoms with Crippen molar-refractivity contribution < 1.29 is 13.6 Å².